The van der Waals surface area contributed by atoms with Crippen molar-refractivity contribution >= 4 is 56.8 Å². The maximum atomic E-state index is 13.6. The highest BCUT2D eigenvalue weighted by Crippen LogP contribution is 2.45. The van der Waals surface area contributed by atoms with Crippen LogP contribution in [0.3, 0.4) is 0 Å². The number of carbonyl (C=O) groups is 1. The van der Waals surface area contributed by atoms with Crippen LogP contribution < -0.4 is 0 Å². The van der Waals surface area contributed by atoms with Crippen LogP contribution in [0.15, 0.2) is 87.9 Å². The second kappa shape index (κ2) is 9.46. The van der Waals surface area contributed by atoms with Gasteiger partial charge in [0.15, 0.2) is 0 Å². The summed E-state index contributed by atoms with van der Waals surface area (Å²) in [5.74, 6) is 0.0352. The van der Waals surface area contributed by atoms with Crippen molar-refractivity contribution in [1.82, 2.24) is 5.01 Å². The Labute approximate surface area is 211 Å². The molecule has 2 aliphatic rings. The van der Waals surface area contributed by atoms with Crippen molar-refractivity contribution in [1.29, 1.82) is 0 Å². The van der Waals surface area contributed by atoms with Crippen molar-refractivity contribution < 1.29 is 4.79 Å². The quantitative estimate of drug-likeness (QED) is 0.330. The van der Waals surface area contributed by atoms with Crippen molar-refractivity contribution in [3.05, 3.63) is 110 Å². The number of carbonyl (C=O) groups excluding carboxylic acids is 1. The van der Waals surface area contributed by atoms with Crippen LogP contribution in [0.1, 0.15) is 46.8 Å². The molecular formula is C27H21BrCl2N2O. The minimum atomic E-state index is -0.165. The molecule has 2 atom stereocenters. The zero-order valence-corrected chi connectivity index (χ0v) is 20.8. The number of amides is 1. The third-order valence-electron chi connectivity index (χ3n) is 6.22. The van der Waals surface area contributed by atoms with Gasteiger partial charge in [-0.1, -0.05) is 63.4 Å². The molecular weight excluding hydrogens is 519 g/mol. The van der Waals surface area contributed by atoms with Gasteiger partial charge < -0.3 is 0 Å². The highest BCUT2D eigenvalue weighted by molar-refractivity contribution is 9.10. The van der Waals surface area contributed by atoms with E-state index in [2.05, 4.69) is 22.0 Å². The maximum Gasteiger partial charge on any atom is 0.274 e. The third kappa shape index (κ3) is 4.65. The highest BCUT2D eigenvalue weighted by Gasteiger charge is 2.43. The molecule has 1 aliphatic carbocycles. The molecule has 0 unspecified atom stereocenters. The summed E-state index contributed by atoms with van der Waals surface area (Å²) in [5.41, 5.74) is 4.92. The summed E-state index contributed by atoms with van der Waals surface area (Å²) >= 11 is 15.7. The first-order valence-electron chi connectivity index (χ1n) is 10.9. The topological polar surface area (TPSA) is 32.7 Å². The number of rotatable bonds is 3. The van der Waals surface area contributed by atoms with E-state index in [1.54, 1.807) is 5.01 Å². The molecule has 0 saturated heterocycles. The molecule has 6 heteroatoms. The molecule has 5 rings (SSSR count). The molecule has 166 valence electrons. The smallest absolute Gasteiger partial charge is 0.267 e. The summed E-state index contributed by atoms with van der Waals surface area (Å²) in [4.78, 5) is 13.6. The van der Waals surface area contributed by atoms with Gasteiger partial charge in [-0.25, -0.2) is 5.01 Å². The lowest BCUT2D eigenvalue weighted by Crippen LogP contribution is -2.31. The molecule has 1 aliphatic heterocycles. The van der Waals surface area contributed by atoms with E-state index in [1.165, 1.54) is 5.57 Å². The normalized spacial score (nSPS) is 21.1. The Morgan fingerprint density at radius 2 is 1.58 bits per heavy atom. The van der Waals surface area contributed by atoms with E-state index in [1.807, 2.05) is 72.8 Å². The largest absolute Gasteiger partial charge is 0.274 e. The van der Waals surface area contributed by atoms with Gasteiger partial charge in [0.2, 0.25) is 0 Å². The number of hydrogen-bond donors (Lipinski definition) is 0. The molecule has 0 bridgehead atoms. The predicted molar refractivity (Wildman–Crippen MR) is 139 cm³/mol. The number of hydrazone groups is 1. The van der Waals surface area contributed by atoms with Crippen molar-refractivity contribution in [3.63, 3.8) is 0 Å². The first-order chi connectivity index (χ1) is 16.0. The van der Waals surface area contributed by atoms with Crippen molar-refractivity contribution in [2.75, 3.05) is 0 Å². The van der Waals surface area contributed by atoms with Crippen LogP contribution in [0.2, 0.25) is 10.0 Å². The summed E-state index contributed by atoms with van der Waals surface area (Å²) < 4.78 is 0.933. The lowest BCUT2D eigenvalue weighted by molar-refractivity contribution is 0.0681. The molecule has 3 aromatic rings. The van der Waals surface area contributed by atoms with Gasteiger partial charge in [-0.05, 0) is 90.6 Å². The molecule has 0 spiro atoms. The molecule has 33 heavy (non-hydrogen) atoms. The fourth-order valence-electron chi connectivity index (χ4n) is 4.65. The van der Waals surface area contributed by atoms with E-state index in [-0.39, 0.29) is 17.9 Å². The van der Waals surface area contributed by atoms with E-state index in [0.29, 0.717) is 15.6 Å². The fourth-order valence-corrected chi connectivity index (χ4v) is 5.16. The Bertz CT molecular complexity index is 1230. The van der Waals surface area contributed by atoms with Crippen molar-refractivity contribution in [2.24, 2.45) is 11.0 Å². The summed E-state index contributed by atoms with van der Waals surface area (Å²) in [6.07, 6.45) is 5.14. The summed E-state index contributed by atoms with van der Waals surface area (Å²) in [6.45, 7) is 0. The molecule has 0 N–H and O–H groups in total. The van der Waals surface area contributed by atoms with Gasteiger partial charge in [0, 0.05) is 26.0 Å². The van der Waals surface area contributed by atoms with Gasteiger partial charge in [0.25, 0.3) is 5.91 Å². The lowest BCUT2D eigenvalue weighted by Gasteiger charge is -2.29. The Balaban J connectivity index is 1.57. The minimum Gasteiger partial charge on any atom is -0.267 e. The first-order valence-corrected chi connectivity index (χ1v) is 12.4. The van der Waals surface area contributed by atoms with Crippen molar-refractivity contribution in [2.45, 2.75) is 25.3 Å². The SMILES string of the molecule is O=C(c1ccc(Br)cc1)N1N=C2/C(=C\c3ccc(Cl)cc3)CCC[C@H]2[C@H]1c1ccc(Cl)cc1. The van der Waals surface area contributed by atoms with Crippen LogP contribution in [-0.4, -0.2) is 16.6 Å². The van der Waals surface area contributed by atoms with Crippen LogP contribution in [0, 0.1) is 5.92 Å². The molecule has 0 aromatic heterocycles. The molecule has 1 heterocycles. The lowest BCUT2D eigenvalue weighted by atomic mass is 9.77. The van der Waals surface area contributed by atoms with Gasteiger partial charge in [0.05, 0.1) is 11.8 Å². The number of benzene rings is 3. The molecule has 1 amide bonds. The molecule has 1 saturated carbocycles. The number of halogens is 3. The second-order valence-corrected chi connectivity index (χ2v) is 10.1. The Morgan fingerprint density at radius 1 is 0.939 bits per heavy atom. The summed E-state index contributed by atoms with van der Waals surface area (Å²) in [5, 5.41) is 8.01. The number of hydrogen-bond acceptors (Lipinski definition) is 2. The number of nitrogens with zero attached hydrogens (tertiary/aromatic N) is 2. The van der Waals surface area contributed by atoms with Gasteiger partial charge in [0.1, 0.15) is 0 Å². The first kappa shape index (κ1) is 22.4. The van der Waals surface area contributed by atoms with Crippen molar-refractivity contribution in [3.8, 4) is 0 Å². The Hall–Kier alpha value is -2.40. The summed E-state index contributed by atoms with van der Waals surface area (Å²) in [6, 6.07) is 22.8. The van der Waals surface area contributed by atoms with E-state index >= 15 is 0 Å². The molecule has 0 radical (unpaired) electrons. The van der Waals surface area contributed by atoms with Gasteiger partial charge in [-0.3, -0.25) is 4.79 Å². The third-order valence-corrected chi connectivity index (χ3v) is 7.26. The average Bonchev–Trinajstić information content (AvgIpc) is 3.22. The van der Waals surface area contributed by atoms with Crippen LogP contribution >= 0.6 is 39.1 Å². The molecule has 3 aromatic carbocycles. The van der Waals surface area contributed by atoms with Gasteiger partial charge in [-0.2, -0.15) is 5.10 Å². The number of fused-ring (bicyclic) bond motifs is 1. The van der Waals surface area contributed by atoms with Crippen LogP contribution in [0.25, 0.3) is 6.08 Å². The number of allylic oxidation sites excluding steroid dienone is 1. The molecule has 3 nitrogen and oxygen atoms in total. The maximum absolute atomic E-state index is 13.6. The monoisotopic (exact) mass is 538 g/mol. The van der Waals surface area contributed by atoms with Crippen LogP contribution in [0.4, 0.5) is 0 Å². The minimum absolute atomic E-state index is 0.102. The van der Waals surface area contributed by atoms with E-state index in [0.717, 1.165) is 40.6 Å². The zero-order valence-electron chi connectivity index (χ0n) is 17.7. The summed E-state index contributed by atoms with van der Waals surface area (Å²) in [7, 11) is 0. The van der Waals surface area contributed by atoms with Gasteiger partial charge in [-0.15, -0.1) is 0 Å². The van der Waals surface area contributed by atoms with Crippen LogP contribution in [-0.2, 0) is 0 Å². The molecule has 1 fully saturated rings. The van der Waals surface area contributed by atoms with Crippen LogP contribution in [0.5, 0.6) is 0 Å². The zero-order chi connectivity index (χ0) is 22.9. The Kier molecular flexibility index (Phi) is 6.42. The standard InChI is InChI=1S/C27H21BrCl2N2O/c28-21-10-6-19(7-11-21)27(33)32-26(18-8-14-23(30)15-9-18)24-3-1-2-20(25(24)31-32)16-17-4-12-22(29)13-5-17/h4-16,24,26H,1-3H2/b20-16-/t24-,26-/m1/s1. The van der Waals surface area contributed by atoms with E-state index < -0.39 is 0 Å². The van der Waals surface area contributed by atoms with E-state index in [9.17, 15) is 4.79 Å². The second-order valence-electron chi connectivity index (χ2n) is 8.36. The fraction of sp³-hybridized carbons (Fsp3) is 0.185. The average molecular weight is 540 g/mol. The highest BCUT2D eigenvalue weighted by atomic mass is 79.9. The van der Waals surface area contributed by atoms with Gasteiger partial charge >= 0.3 is 0 Å². The predicted octanol–water partition coefficient (Wildman–Crippen LogP) is 8.19. The van der Waals surface area contributed by atoms with E-state index in [4.69, 9.17) is 28.3 Å². The Morgan fingerprint density at radius 3 is 2.24 bits per heavy atom.